The van der Waals surface area contributed by atoms with Crippen LogP contribution in [0.2, 0.25) is 0 Å². The SMILES string of the molecule is Cc1cc(C)cc(N2C(=O)CS[C@H]2c2ccc(NC(=O)C(C)(C)CCl)cc2)c1. The van der Waals surface area contributed by atoms with Gasteiger partial charge < -0.3 is 5.32 Å². The molecular formula is C22H25ClN2O2S. The van der Waals surface area contributed by atoms with Gasteiger partial charge in [-0.25, -0.2) is 0 Å². The summed E-state index contributed by atoms with van der Waals surface area (Å²) in [6, 6.07) is 13.9. The van der Waals surface area contributed by atoms with E-state index in [0.29, 0.717) is 5.75 Å². The predicted octanol–water partition coefficient (Wildman–Crippen LogP) is 5.29. The zero-order chi connectivity index (χ0) is 20.5. The van der Waals surface area contributed by atoms with Crippen LogP contribution >= 0.6 is 23.4 Å². The van der Waals surface area contributed by atoms with Gasteiger partial charge in [0.25, 0.3) is 0 Å². The third-order valence-electron chi connectivity index (χ3n) is 4.75. The number of carbonyl (C=O) groups is 2. The average Bonchev–Trinajstić information content (AvgIpc) is 3.03. The van der Waals surface area contributed by atoms with Crippen LogP contribution in [-0.2, 0) is 9.59 Å². The van der Waals surface area contributed by atoms with Gasteiger partial charge in [0.1, 0.15) is 5.37 Å². The van der Waals surface area contributed by atoms with Gasteiger partial charge in [-0.2, -0.15) is 0 Å². The van der Waals surface area contributed by atoms with Crippen molar-refractivity contribution in [1.82, 2.24) is 0 Å². The number of rotatable bonds is 5. The van der Waals surface area contributed by atoms with E-state index >= 15 is 0 Å². The van der Waals surface area contributed by atoms with E-state index in [1.54, 1.807) is 11.8 Å². The van der Waals surface area contributed by atoms with Crippen LogP contribution in [0.4, 0.5) is 11.4 Å². The lowest BCUT2D eigenvalue weighted by Crippen LogP contribution is -2.32. The van der Waals surface area contributed by atoms with Gasteiger partial charge in [-0.3, -0.25) is 14.5 Å². The van der Waals surface area contributed by atoms with Gasteiger partial charge in [-0.05, 0) is 68.7 Å². The highest BCUT2D eigenvalue weighted by atomic mass is 35.5. The minimum Gasteiger partial charge on any atom is -0.326 e. The maximum Gasteiger partial charge on any atom is 0.238 e. The molecular weight excluding hydrogens is 392 g/mol. The Kier molecular flexibility index (Phi) is 6.06. The predicted molar refractivity (Wildman–Crippen MR) is 118 cm³/mol. The zero-order valence-corrected chi connectivity index (χ0v) is 18.2. The molecule has 2 amide bonds. The quantitative estimate of drug-likeness (QED) is 0.674. The molecule has 3 rings (SSSR count). The fourth-order valence-electron chi connectivity index (χ4n) is 3.13. The highest BCUT2D eigenvalue weighted by molar-refractivity contribution is 8.00. The second-order valence-electron chi connectivity index (χ2n) is 7.87. The van der Waals surface area contributed by atoms with Gasteiger partial charge in [0.05, 0.1) is 11.2 Å². The highest BCUT2D eigenvalue weighted by Gasteiger charge is 2.34. The summed E-state index contributed by atoms with van der Waals surface area (Å²) < 4.78 is 0. The number of anilines is 2. The van der Waals surface area contributed by atoms with Crippen LogP contribution < -0.4 is 10.2 Å². The molecule has 6 heteroatoms. The smallest absolute Gasteiger partial charge is 0.238 e. The molecule has 1 aliphatic rings. The Morgan fingerprint density at radius 2 is 1.79 bits per heavy atom. The molecule has 1 heterocycles. The van der Waals surface area contributed by atoms with Crippen molar-refractivity contribution in [3.05, 3.63) is 59.2 Å². The number of alkyl halides is 1. The van der Waals surface area contributed by atoms with E-state index in [0.717, 1.165) is 28.1 Å². The van der Waals surface area contributed by atoms with E-state index in [9.17, 15) is 9.59 Å². The van der Waals surface area contributed by atoms with Crippen molar-refractivity contribution in [2.24, 2.45) is 5.41 Å². The van der Waals surface area contributed by atoms with Gasteiger partial charge in [0, 0.05) is 17.3 Å². The average molecular weight is 417 g/mol. The van der Waals surface area contributed by atoms with Gasteiger partial charge in [-0.1, -0.05) is 18.2 Å². The van der Waals surface area contributed by atoms with Crippen molar-refractivity contribution in [3.63, 3.8) is 0 Å². The number of nitrogens with zero attached hydrogens (tertiary/aromatic N) is 1. The van der Waals surface area contributed by atoms with Crippen molar-refractivity contribution in [3.8, 4) is 0 Å². The fourth-order valence-corrected chi connectivity index (χ4v) is 4.43. The molecule has 0 saturated carbocycles. The standard InChI is InChI=1S/C22H25ClN2O2S/c1-14-9-15(2)11-18(10-14)25-19(26)12-28-20(25)16-5-7-17(8-6-16)24-21(27)22(3,4)13-23/h5-11,20H,12-13H2,1-4H3,(H,24,27)/t20-/m0/s1. The maximum atomic E-state index is 12.6. The summed E-state index contributed by atoms with van der Waals surface area (Å²) in [7, 11) is 0. The molecule has 148 valence electrons. The number of hydrogen-bond acceptors (Lipinski definition) is 3. The third kappa shape index (κ3) is 4.36. The van der Waals surface area contributed by atoms with Crippen LogP contribution in [0.3, 0.4) is 0 Å². The molecule has 2 aromatic rings. The first-order valence-corrected chi connectivity index (χ1v) is 10.8. The first-order valence-electron chi connectivity index (χ1n) is 9.20. The van der Waals surface area contributed by atoms with Crippen molar-refractivity contribution in [2.45, 2.75) is 33.1 Å². The summed E-state index contributed by atoms with van der Waals surface area (Å²) in [6.45, 7) is 7.70. The van der Waals surface area contributed by atoms with E-state index < -0.39 is 5.41 Å². The van der Waals surface area contributed by atoms with Crippen molar-refractivity contribution in [2.75, 3.05) is 21.8 Å². The summed E-state index contributed by atoms with van der Waals surface area (Å²) >= 11 is 7.49. The summed E-state index contributed by atoms with van der Waals surface area (Å²) in [5.74, 6) is 0.710. The minimum atomic E-state index is -0.631. The molecule has 0 radical (unpaired) electrons. The zero-order valence-electron chi connectivity index (χ0n) is 16.6. The Bertz CT molecular complexity index is 876. The number of amides is 2. The van der Waals surface area contributed by atoms with E-state index in [2.05, 4.69) is 11.4 Å². The largest absolute Gasteiger partial charge is 0.326 e. The molecule has 1 fully saturated rings. The lowest BCUT2D eigenvalue weighted by Gasteiger charge is -2.25. The fraction of sp³-hybridized carbons (Fsp3) is 0.364. The molecule has 0 unspecified atom stereocenters. The summed E-state index contributed by atoms with van der Waals surface area (Å²) in [5, 5.41) is 2.84. The molecule has 1 atom stereocenters. The van der Waals surface area contributed by atoms with Gasteiger partial charge >= 0.3 is 0 Å². The molecule has 1 saturated heterocycles. The number of benzene rings is 2. The number of hydrogen-bond donors (Lipinski definition) is 1. The van der Waals surface area contributed by atoms with Crippen LogP contribution in [0.25, 0.3) is 0 Å². The van der Waals surface area contributed by atoms with E-state index in [-0.39, 0.29) is 23.1 Å². The van der Waals surface area contributed by atoms with Crippen LogP contribution in [-0.4, -0.2) is 23.4 Å². The number of carbonyl (C=O) groups excluding carboxylic acids is 2. The van der Waals surface area contributed by atoms with Crippen molar-refractivity contribution < 1.29 is 9.59 Å². The van der Waals surface area contributed by atoms with E-state index in [1.165, 1.54) is 0 Å². The highest BCUT2D eigenvalue weighted by Crippen LogP contribution is 2.42. The first kappa shape index (κ1) is 20.7. The van der Waals surface area contributed by atoms with Gasteiger partial charge in [0.2, 0.25) is 11.8 Å². The molecule has 0 bridgehead atoms. The minimum absolute atomic E-state index is 0.0715. The second-order valence-corrected chi connectivity index (χ2v) is 9.20. The van der Waals surface area contributed by atoms with Crippen LogP contribution in [0.5, 0.6) is 0 Å². The van der Waals surface area contributed by atoms with E-state index in [4.69, 9.17) is 11.6 Å². The second kappa shape index (κ2) is 8.18. The topological polar surface area (TPSA) is 49.4 Å². The van der Waals surface area contributed by atoms with Crippen LogP contribution in [0.15, 0.2) is 42.5 Å². The van der Waals surface area contributed by atoms with Crippen LogP contribution in [0.1, 0.15) is 35.9 Å². The van der Waals surface area contributed by atoms with E-state index in [1.807, 2.05) is 69.0 Å². The van der Waals surface area contributed by atoms with Gasteiger partial charge in [-0.15, -0.1) is 23.4 Å². The van der Waals surface area contributed by atoms with Gasteiger partial charge in [0.15, 0.2) is 0 Å². The molecule has 0 spiro atoms. The lowest BCUT2D eigenvalue weighted by atomic mass is 9.95. The monoisotopic (exact) mass is 416 g/mol. The molecule has 0 aliphatic carbocycles. The molecule has 28 heavy (non-hydrogen) atoms. The number of aryl methyl sites for hydroxylation is 2. The van der Waals surface area contributed by atoms with Crippen molar-refractivity contribution >= 4 is 46.6 Å². The molecule has 4 nitrogen and oxygen atoms in total. The molecule has 1 N–H and O–H groups in total. The lowest BCUT2D eigenvalue weighted by molar-refractivity contribution is -0.123. The summed E-state index contributed by atoms with van der Waals surface area (Å²) in [6.07, 6.45) is 0. The Balaban J connectivity index is 1.82. The number of thioether (sulfide) groups is 1. The maximum absolute atomic E-state index is 12.6. The Morgan fingerprint density at radius 3 is 2.36 bits per heavy atom. The Hall–Kier alpha value is -1.98. The summed E-state index contributed by atoms with van der Waals surface area (Å²) in [4.78, 5) is 26.7. The molecule has 2 aromatic carbocycles. The van der Waals surface area contributed by atoms with Crippen molar-refractivity contribution in [1.29, 1.82) is 0 Å². The Labute approximate surface area is 175 Å². The number of nitrogens with one attached hydrogen (secondary N) is 1. The Morgan fingerprint density at radius 1 is 1.18 bits per heavy atom. The third-order valence-corrected chi connectivity index (χ3v) is 6.64. The normalized spacial score (nSPS) is 17.1. The summed E-state index contributed by atoms with van der Waals surface area (Å²) in [5.41, 5.74) is 4.33. The first-order chi connectivity index (χ1) is 13.2. The molecule has 0 aromatic heterocycles. The number of halogens is 1. The molecule has 1 aliphatic heterocycles. The van der Waals surface area contributed by atoms with Crippen LogP contribution in [0, 0.1) is 19.3 Å².